The van der Waals surface area contributed by atoms with Crippen LogP contribution < -0.4 is 5.73 Å². The molecule has 0 aromatic carbocycles. The number of aromatic amines is 1. The van der Waals surface area contributed by atoms with E-state index in [1.54, 1.807) is 13.8 Å². The molecule has 0 fully saturated rings. The number of nitrogens with two attached hydrogens (primary N) is 1. The van der Waals surface area contributed by atoms with Crippen molar-refractivity contribution in [1.82, 2.24) is 4.98 Å². The smallest absolute Gasteiger partial charge is 0.340 e. The molecule has 14 heavy (non-hydrogen) atoms. The molecular weight excluding hydrogens is 184 g/mol. The second-order valence-corrected chi connectivity index (χ2v) is 3.10. The predicted molar refractivity (Wildman–Crippen MR) is 50.8 cm³/mol. The summed E-state index contributed by atoms with van der Waals surface area (Å²) >= 11 is 0. The Morgan fingerprint density at radius 2 is 2.07 bits per heavy atom. The Morgan fingerprint density at radius 1 is 1.50 bits per heavy atom. The average Bonchev–Trinajstić information content (AvgIpc) is 2.39. The monoisotopic (exact) mass is 198 g/mol. The van der Waals surface area contributed by atoms with Crippen LogP contribution in [0, 0.1) is 13.8 Å². The lowest BCUT2D eigenvalue weighted by Crippen LogP contribution is -2.14. The molecule has 0 aliphatic rings. The number of aliphatic hydroxyl groups excluding tert-OH is 1. The van der Waals surface area contributed by atoms with E-state index in [2.05, 4.69) is 9.72 Å². The zero-order valence-corrected chi connectivity index (χ0v) is 8.42. The van der Waals surface area contributed by atoms with Crippen molar-refractivity contribution < 1.29 is 14.6 Å². The highest BCUT2D eigenvalue weighted by Gasteiger charge is 2.22. The van der Waals surface area contributed by atoms with E-state index >= 15 is 0 Å². The number of methoxy groups -OCH3 is 1. The van der Waals surface area contributed by atoms with Crippen LogP contribution in [0.1, 0.15) is 33.5 Å². The van der Waals surface area contributed by atoms with Crippen LogP contribution in [0.3, 0.4) is 0 Å². The van der Waals surface area contributed by atoms with Gasteiger partial charge in [-0.1, -0.05) is 0 Å². The number of aliphatic hydroxyl groups is 1. The van der Waals surface area contributed by atoms with Gasteiger partial charge in [0.1, 0.15) is 6.23 Å². The second kappa shape index (κ2) is 3.81. The number of aromatic nitrogens is 1. The van der Waals surface area contributed by atoms with Gasteiger partial charge >= 0.3 is 5.97 Å². The fourth-order valence-electron chi connectivity index (χ4n) is 1.54. The maximum Gasteiger partial charge on any atom is 0.340 e. The molecule has 5 nitrogen and oxygen atoms in total. The first-order chi connectivity index (χ1) is 6.49. The second-order valence-electron chi connectivity index (χ2n) is 3.10. The summed E-state index contributed by atoms with van der Waals surface area (Å²) in [6, 6.07) is 0. The number of H-pyrrole nitrogens is 1. The van der Waals surface area contributed by atoms with Gasteiger partial charge in [-0.15, -0.1) is 0 Å². The number of hydrogen-bond acceptors (Lipinski definition) is 4. The number of aryl methyl sites for hydroxylation is 2. The highest BCUT2D eigenvalue weighted by molar-refractivity contribution is 5.93. The molecule has 0 aliphatic carbocycles. The molecule has 1 aromatic heterocycles. The minimum Gasteiger partial charge on any atom is -0.465 e. The van der Waals surface area contributed by atoms with Crippen molar-refractivity contribution in [3.05, 3.63) is 22.5 Å². The number of esters is 1. The molecule has 78 valence electrons. The number of carbonyl (C=O) groups excluding carboxylic acids is 1. The SMILES string of the molecule is COC(=O)c1c(C)[nH]c(C)c1[C@@H](N)O. The third kappa shape index (κ3) is 1.64. The number of ether oxygens (including phenoxy) is 1. The van der Waals surface area contributed by atoms with Gasteiger partial charge in [0.2, 0.25) is 0 Å². The Kier molecular flexibility index (Phi) is 2.93. The molecule has 0 saturated carbocycles. The molecule has 0 amide bonds. The summed E-state index contributed by atoms with van der Waals surface area (Å²) in [4.78, 5) is 14.3. The zero-order chi connectivity index (χ0) is 10.9. The van der Waals surface area contributed by atoms with Crippen molar-refractivity contribution in [2.45, 2.75) is 20.1 Å². The van der Waals surface area contributed by atoms with E-state index in [0.717, 1.165) is 0 Å². The van der Waals surface area contributed by atoms with Crippen LogP contribution in [-0.4, -0.2) is 23.2 Å². The van der Waals surface area contributed by atoms with Gasteiger partial charge in [-0.05, 0) is 13.8 Å². The van der Waals surface area contributed by atoms with Crippen LogP contribution in [0.2, 0.25) is 0 Å². The van der Waals surface area contributed by atoms with Crippen LogP contribution in [0.25, 0.3) is 0 Å². The Balaban J connectivity index is 3.32. The summed E-state index contributed by atoms with van der Waals surface area (Å²) in [5.41, 5.74) is 7.39. The highest BCUT2D eigenvalue weighted by atomic mass is 16.5. The fraction of sp³-hybridized carbons (Fsp3) is 0.444. The predicted octanol–water partition coefficient (Wildman–Crippen LogP) is 0.368. The van der Waals surface area contributed by atoms with Crippen LogP contribution in [0.15, 0.2) is 0 Å². The minimum atomic E-state index is -1.17. The lowest BCUT2D eigenvalue weighted by Gasteiger charge is -2.06. The molecule has 5 heteroatoms. The van der Waals surface area contributed by atoms with Crippen LogP contribution in [0.5, 0.6) is 0 Å². The Labute approximate surface area is 81.9 Å². The van der Waals surface area contributed by atoms with Crippen molar-refractivity contribution in [2.75, 3.05) is 7.11 Å². The fourth-order valence-corrected chi connectivity index (χ4v) is 1.54. The third-order valence-corrected chi connectivity index (χ3v) is 2.11. The van der Waals surface area contributed by atoms with Gasteiger partial charge in [-0.25, -0.2) is 4.79 Å². The lowest BCUT2D eigenvalue weighted by molar-refractivity contribution is 0.0593. The van der Waals surface area contributed by atoms with E-state index < -0.39 is 12.2 Å². The maximum absolute atomic E-state index is 11.4. The first-order valence-electron chi connectivity index (χ1n) is 4.20. The summed E-state index contributed by atoms with van der Waals surface area (Å²) in [7, 11) is 1.29. The summed E-state index contributed by atoms with van der Waals surface area (Å²) in [6.45, 7) is 3.47. The molecule has 1 heterocycles. The maximum atomic E-state index is 11.4. The lowest BCUT2D eigenvalue weighted by atomic mass is 10.1. The number of rotatable bonds is 2. The average molecular weight is 198 g/mol. The van der Waals surface area contributed by atoms with Crippen molar-refractivity contribution in [1.29, 1.82) is 0 Å². The summed E-state index contributed by atoms with van der Waals surface area (Å²) in [6.07, 6.45) is -1.17. The third-order valence-electron chi connectivity index (χ3n) is 2.11. The van der Waals surface area contributed by atoms with E-state index in [-0.39, 0.29) is 0 Å². The number of nitrogens with one attached hydrogen (secondary N) is 1. The largest absolute Gasteiger partial charge is 0.465 e. The van der Waals surface area contributed by atoms with E-state index in [0.29, 0.717) is 22.5 Å². The molecule has 1 atom stereocenters. The van der Waals surface area contributed by atoms with Gasteiger partial charge in [-0.2, -0.15) is 0 Å². The molecule has 0 radical (unpaired) electrons. The first-order valence-corrected chi connectivity index (χ1v) is 4.20. The van der Waals surface area contributed by atoms with Crippen LogP contribution in [-0.2, 0) is 4.74 Å². The summed E-state index contributed by atoms with van der Waals surface area (Å²) in [5.74, 6) is -0.494. The standard InChI is InChI=1S/C9H14N2O3/c1-4-6(8(10)12)7(5(2)11-4)9(13)14-3/h8,11-12H,10H2,1-3H3/t8-/m0/s1. The topological polar surface area (TPSA) is 88.3 Å². The summed E-state index contributed by atoms with van der Waals surface area (Å²) < 4.78 is 4.60. The summed E-state index contributed by atoms with van der Waals surface area (Å²) in [5, 5.41) is 9.29. The van der Waals surface area contributed by atoms with E-state index in [1.807, 2.05) is 0 Å². The minimum absolute atomic E-state index is 0.319. The molecule has 0 spiro atoms. The van der Waals surface area contributed by atoms with Crippen molar-refractivity contribution in [3.8, 4) is 0 Å². The van der Waals surface area contributed by atoms with Crippen LogP contribution in [0.4, 0.5) is 0 Å². The zero-order valence-electron chi connectivity index (χ0n) is 8.42. The van der Waals surface area contributed by atoms with E-state index in [9.17, 15) is 9.90 Å². The Bertz CT molecular complexity index is 355. The Hall–Kier alpha value is -1.33. The normalized spacial score (nSPS) is 12.6. The number of carbonyl (C=O) groups is 1. The molecule has 0 bridgehead atoms. The van der Waals surface area contributed by atoms with Crippen LogP contribution >= 0.6 is 0 Å². The molecular formula is C9H14N2O3. The molecule has 0 saturated heterocycles. The van der Waals surface area contributed by atoms with Crippen molar-refractivity contribution >= 4 is 5.97 Å². The quantitative estimate of drug-likeness (QED) is 0.473. The van der Waals surface area contributed by atoms with Gasteiger partial charge in [0, 0.05) is 17.0 Å². The van der Waals surface area contributed by atoms with E-state index in [4.69, 9.17) is 5.73 Å². The molecule has 4 N–H and O–H groups in total. The van der Waals surface area contributed by atoms with Gasteiger partial charge in [0.05, 0.1) is 12.7 Å². The van der Waals surface area contributed by atoms with Gasteiger partial charge in [0.25, 0.3) is 0 Å². The van der Waals surface area contributed by atoms with Gasteiger partial charge < -0.3 is 20.6 Å². The van der Waals surface area contributed by atoms with Gasteiger partial charge in [0.15, 0.2) is 0 Å². The van der Waals surface area contributed by atoms with Crippen molar-refractivity contribution in [2.24, 2.45) is 5.73 Å². The molecule has 1 aromatic rings. The molecule has 0 aliphatic heterocycles. The Morgan fingerprint density at radius 3 is 2.50 bits per heavy atom. The van der Waals surface area contributed by atoms with E-state index in [1.165, 1.54) is 7.11 Å². The van der Waals surface area contributed by atoms with Gasteiger partial charge in [-0.3, -0.25) is 0 Å². The first kappa shape index (κ1) is 10.7. The number of hydrogen-bond donors (Lipinski definition) is 3. The molecule has 1 rings (SSSR count). The molecule has 0 unspecified atom stereocenters. The highest BCUT2D eigenvalue weighted by Crippen LogP contribution is 2.22. The van der Waals surface area contributed by atoms with Crippen molar-refractivity contribution in [3.63, 3.8) is 0 Å².